The van der Waals surface area contributed by atoms with E-state index in [9.17, 15) is 5.11 Å². The van der Waals surface area contributed by atoms with Gasteiger partial charge in [0, 0.05) is 12.6 Å². The van der Waals surface area contributed by atoms with Crippen LogP contribution in [0.25, 0.3) is 0 Å². The molecule has 3 nitrogen and oxygen atoms in total. The highest BCUT2D eigenvalue weighted by atomic mass is 16.3. The van der Waals surface area contributed by atoms with Crippen molar-refractivity contribution >= 4 is 0 Å². The Labute approximate surface area is 73.4 Å². The lowest BCUT2D eigenvalue weighted by atomic mass is 10.2. The van der Waals surface area contributed by atoms with Gasteiger partial charge in [-0.1, -0.05) is 0 Å². The van der Waals surface area contributed by atoms with Crippen LogP contribution >= 0.6 is 0 Å². The summed E-state index contributed by atoms with van der Waals surface area (Å²) >= 11 is 0. The van der Waals surface area contributed by atoms with Gasteiger partial charge in [-0.15, -0.1) is 0 Å². The molecule has 12 heavy (non-hydrogen) atoms. The predicted octanol–water partition coefficient (Wildman–Crippen LogP) is 0.649. The second kappa shape index (κ2) is 4.44. The molecule has 3 heteroatoms. The van der Waals surface area contributed by atoms with Crippen LogP contribution in [-0.4, -0.2) is 23.8 Å². The van der Waals surface area contributed by atoms with Crippen LogP contribution in [0.1, 0.15) is 26.2 Å². The lowest BCUT2D eigenvalue weighted by molar-refractivity contribution is 0.145. The van der Waals surface area contributed by atoms with Crippen molar-refractivity contribution in [2.45, 2.75) is 38.3 Å². The van der Waals surface area contributed by atoms with E-state index in [1.807, 2.05) is 6.92 Å². The fourth-order valence-corrected chi connectivity index (χ4v) is 1.18. The SMILES string of the molecule is CC(CC#N)NCC(O)C1CC1. The van der Waals surface area contributed by atoms with Crippen molar-refractivity contribution in [1.29, 1.82) is 5.26 Å². The van der Waals surface area contributed by atoms with Gasteiger partial charge in [-0.25, -0.2) is 0 Å². The molecule has 1 aliphatic rings. The summed E-state index contributed by atoms with van der Waals surface area (Å²) in [5.74, 6) is 0.520. The molecule has 0 amide bonds. The van der Waals surface area contributed by atoms with E-state index in [0.29, 0.717) is 18.9 Å². The highest BCUT2D eigenvalue weighted by Crippen LogP contribution is 2.32. The predicted molar refractivity (Wildman–Crippen MR) is 46.4 cm³/mol. The smallest absolute Gasteiger partial charge is 0.0692 e. The van der Waals surface area contributed by atoms with Crippen LogP contribution in [0.5, 0.6) is 0 Å². The first-order valence-corrected chi connectivity index (χ1v) is 4.52. The second-order valence-corrected chi connectivity index (χ2v) is 3.58. The van der Waals surface area contributed by atoms with E-state index in [1.165, 1.54) is 0 Å². The Morgan fingerprint density at radius 3 is 2.83 bits per heavy atom. The van der Waals surface area contributed by atoms with E-state index in [1.54, 1.807) is 0 Å². The minimum atomic E-state index is -0.203. The van der Waals surface area contributed by atoms with Crippen LogP contribution in [-0.2, 0) is 0 Å². The molecule has 0 saturated heterocycles. The van der Waals surface area contributed by atoms with Gasteiger partial charge in [0.1, 0.15) is 0 Å². The average molecular weight is 168 g/mol. The van der Waals surface area contributed by atoms with E-state index in [4.69, 9.17) is 5.26 Å². The first kappa shape index (κ1) is 9.50. The lowest BCUT2D eigenvalue weighted by Crippen LogP contribution is -2.34. The molecule has 0 aromatic heterocycles. The summed E-state index contributed by atoms with van der Waals surface area (Å²) in [5.41, 5.74) is 0. The fourth-order valence-electron chi connectivity index (χ4n) is 1.18. The van der Waals surface area contributed by atoms with E-state index < -0.39 is 0 Å². The number of rotatable bonds is 5. The Balaban J connectivity index is 2.03. The molecule has 0 aromatic carbocycles. The van der Waals surface area contributed by atoms with Gasteiger partial charge in [0.2, 0.25) is 0 Å². The van der Waals surface area contributed by atoms with Gasteiger partial charge in [-0.2, -0.15) is 5.26 Å². The fraction of sp³-hybridized carbons (Fsp3) is 0.889. The Kier molecular flexibility index (Phi) is 3.51. The number of nitrogens with one attached hydrogen (secondary N) is 1. The maximum Gasteiger partial charge on any atom is 0.0692 e. The van der Waals surface area contributed by atoms with Crippen molar-refractivity contribution in [2.24, 2.45) is 5.92 Å². The Hall–Kier alpha value is -0.590. The summed E-state index contributed by atoms with van der Waals surface area (Å²) in [6, 6.07) is 2.29. The van der Waals surface area contributed by atoms with Crippen LogP contribution < -0.4 is 5.32 Å². The van der Waals surface area contributed by atoms with Crippen molar-refractivity contribution in [1.82, 2.24) is 5.32 Å². The third-order valence-electron chi connectivity index (χ3n) is 2.24. The van der Waals surface area contributed by atoms with Gasteiger partial charge in [0.25, 0.3) is 0 Å². The van der Waals surface area contributed by atoms with E-state index >= 15 is 0 Å². The number of nitriles is 1. The molecule has 0 heterocycles. The van der Waals surface area contributed by atoms with Crippen molar-refractivity contribution < 1.29 is 5.11 Å². The maximum atomic E-state index is 9.46. The van der Waals surface area contributed by atoms with Crippen molar-refractivity contribution in [3.63, 3.8) is 0 Å². The van der Waals surface area contributed by atoms with Gasteiger partial charge in [-0.3, -0.25) is 0 Å². The zero-order valence-electron chi connectivity index (χ0n) is 7.45. The van der Waals surface area contributed by atoms with E-state index in [-0.39, 0.29) is 12.1 Å². The normalized spacial score (nSPS) is 21.4. The summed E-state index contributed by atoms with van der Waals surface area (Å²) in [6.07, 6.45) is 2.63. The number of aliphatic hydroxyl groups excluding tert-OH is 1. The monoisotopic (exact) mass is 168 g/mol. The van der Waals surface area contributed by atoms with E-state index in [0.717, 1.165) is 12.8 Å². The molecular formula is C9H16N2O. The molecule has 0 aliphatic heterocycles. The van der Waals surface area contributed by atoms with Gasteiger partial charge in [0.05, 0.1) is 18.6 Å². The molecule has 68 valence electrons. The molecule has 0 radical (unpaired) electrons. The number of aliphatic hydroxyl groups is 1. The quantitative estimate of drug-likeness (QED) is 0.633. The first-order valence-electron chi connectivity index (χ1n) is 4.52. The van der Waals surface area contributed by atoms with Gasteiger partial charge < -0.3 is 10.4 Å². The van der Waals surface area contributed by atoms with Crippen LogP contribution in [0.15, 0.2) is 0 Å². The number of hydrogen-bond donors (Lipinski definition) is 2. The molecule has 2 unspecified atom stereocenters. The highest BCUT2D eigenvalue weighted by molar-refractivity contribution is 4.84. The van der Waals surface area contributed by atoms with Crippen LogP contribution in [0.3, 0.4) is 0 Å². The largest absolute Gasteiger partial charge is 0.392 e. The molecule has 2 N–H and O–H groups in total. The summed E-state index contributed by atoms with van der Waals surface area (Å²) < 4.78 is 0. The Morgan fingerprint density at radius 1 is 1.67 bits per heavy atom. The van der Waals surface area contributed by atoms with Crippen LogP contribution in [0.2, 0.25) is 0 Å². The Bertz CT molecular complexity index is 172. The van der Waals surface area contributed by atoms with Crippen molar-refractivity contribution in [2.75, 3.05) is 6.54 Å². The molecule has 2 atom stereocenters. The zero-order valence-corrected chi connectivity index (χ0v) is 7.45. The standard InChI is InChI=1S/C9H16N2O/c1-7(4-5-10)11-6-9(12)8-2-3-8/h7-9,11-12H,2-4,6H2,1H3. The summed E-state index contributed by atoms with van der Waals surface area (Å²) in [6.45, 7) is 2.59. The summed E-state index contributed by atoms with van der Waals surface area (Å²) in [4.78, 5) is 0. The molecule has 0 aromatic rings. The third-order valence-corrected chi connectivity index (χ3v) is 2.24. The minimum Gasteiger partial charge on any atom is -0.392 e. The van der Waals surface area contributed by atoms with Crippen LogP contribution in [0, 0.1) is 17.2 Å². The molecule has 1 saturated carbocycles. The molecule has 1 rings (SSSR count). The molecule has 0 spiro atoms. The van der Waals surface area contributed by atoms with Gasteiger partial charge in [0.15, 0.2) is 0 Å². The van der Waals surface area contributed by atoms with Crippen LogP contribution in [0.4, 0.5) is 0 Å². The van der Waals surface area contributed by atoms with Crippen molar-refractivity contribution in [3.05, 3.63) is 0 Å². The Morgan fingerprint density at radius 2 is 2.33 bits per heavy atom. The van der Waals surface area contributed by atoms with Crippen molar-refractivity contribution in [3.8, 4) is 6.07 Å². The lowest BCUT2D eigenvalue weighted by Gasteiger charge is -2.13. The molecule has 1 aliphatic carbocycles. The number of nitrogens with zero attached hydrogens (tertiary/aromatic N) is 1. The average Bonchev–Trinajstić information content (AvgIpc) is 2.83. The molecular weight excluding hydrogens is 152 g/mol. The summed E-state index contributed by atoms with van der Waals surface area (Å²) in [5, 5.41) is 21.0. The third kappa shape index (κ3) is 3.21. The van der Waals surface area contributed by atoms with E-state index in [2.05, 4.69) is 11.4 Å². The highest BCUT2D eigenvalue weighted by Gasteiger charge is 2.29. The second-order valence-electron chi connectivity index (χ2n) is 3.58. The topological polar surface area (TPSA) is 56.0 Å². The molecule has 1 fully saturated rings. The maximum absolute atomic E-state index is 9.46. The first-order chi connectivity index (χ1) is 5.74. The summed E-state index contributed by atoms with van der Waals surface area (Å²) in [7, 11) is 0. The minimum absolute atomic E-state index is 0.198. The zero-order chi connectivity index (χ0) is 8.97. The number of hydrogen-bond acceptors (Lipinski definition) is 3. The van der Waals surface area contributed by atoms with Gasteiger partial charge in [-0.05, 0) is 25.7 Å². The molecule has 0 bridgehead atoms. The van der Waals surface area contributed by atoms with Gasteiger partial charge >= 0.3 is 0 Å².